The average molecular weight is 270 g/mol. The fraction of sp³-hybridized carbons (Fsp3) is 0.200. The zero-order valence-electron chi connectivity index (χ0n) is 9.39. The number of halogens is 2. The number of nitrogens with two attached hydrogens (primary N) is 1. The molecule has 7 nitrogen and oxygen atoms in total. The molecule has 0 spiro atoms. The Morgan fingerprint density at radius 2 is 2.00 bits per heavy atom. The smallest absolute Gasteiger partial charge is 0.406 e. The lowest BCUT2D eigenvalue weighted by atomic mass is 10.3. The van der Waals surface area contributed by atoms with Gasteiger partial charge in [-0.3, -0.25) is 0 Å². The monoisotopic (exact) mass is 270 g/mol. The maximum atomic E-state index is 12.8. The number of nitrogens with one attached hydrogen (secondary N) is 1. The molecule has 0 atom stereocenters. The number of anilines is 2. The maximum Gasteiger partial charge on any atom is 0.586 e. The van der Waals surface area contributed by atoms with E-state index in [4.69, 9.17) is 10.2 Å². The molecule has 1 aliphatic heterocycles. The summed E-state index contributed by atoms with van der Waals surface area (Å²) in [4.78, 5) is 0. The van der Waals surface area contributed by atoms with E-state index in [1.165, 1.54) is 18.2 Å². The number of alkyl halides is 2. The van der Waals surface area contributed by atoms with Gasteiger partial charge in [0.05, 0.1) is 6.54 Å². The van der Waals surface area contributed by atoms with E-state index in [1.54, 1.807) is 0 Å². The molecule has 3 rings (SSSR count). The topological polar surface area (TPSA) is 95.4 Å². The first-order valence-electron chi connectivity index (χ1n) is 5.25. The molecular formula is C10H8F2N4O3. The minimum Gasteiger partial charge on any atom is -0.406 e. The van der Waals surface area contributed by atoms with Crippen LogP contribution in [0.2, 0.25) is 0 Å². The molecule has 0 radical (unpaired) electrons. The zero-order chi connectivity index (χ0) is 13.5. The number of nitrogens with zero attached hydrogens (tertiary/aromatic N) is 2. The van der Waals surface area contributed by atoms with Gasteiger partial charge in [0.2, 0.25) is 5.89 Å². The molecule has 1 aromatic carbocycles. The van der Waals surface area contributed by atoms with Crippen LogP contribution in [0.1, 0.15) is 5.89 Å². The summed E-state index contributed by atoms with van der Waals surface area (Å²) in [5.74, 6) is 0.145. The third-order valence-corrected chi connectivity index (χ3v) is 2.29. The summed E-state index contributed by atoms with van der Waals surface area (Å²) in [5.41, 5.74) is 5.75. The van der Waals surface area contributed by atoms with Crippen molar-refractivity contribution in [2.24, 2.45) is 5.73 Å². The van der Waals surface area contributed by atoms with Crippen molar-refractivity contribution in [3.63, 3.8) is 0 Å². The Balaban J connectivity index is 1.80. The fourth-order valence-corrected chi connectivity index (χ4v) is 1.54. The summed E-state index contributed by atoms with van der Waals surface area (Å²) in [6, 6.07) is 4.29. The number of ether oxygens (including phenoxy) is 2. The van der Waals surface area contributed by atoms with Crippen molar-refractivity contribution in [1.29, 1.82) is 0 Å². The van der Waals surface area contributed by atoms with E-state index in [2.05, 4.69) is 25.0 Å². The van der Waals surface area contributed by atoms with Crippen LogP contribution >= 0.6 is 0 Å². The molecular weight excluding hydrogens is 262 g/mol. The van der Waals surface area contributed by atoms with Crippen LogP contribution in [0, 0.1) is 0 Å². The molecule has 3 N–H and O–H groups in total. The Kier molecular flexibility index (Phi) is 2.49. The first-order chi connectivity index (χ1) is 9.05. The van der Waals surface area contributed by atoms with Gasteiger partial charge in [-0.2, -0.15) is 0 Å². The van der Waals surface area contributed by atoms with Crippen LogP contribution in [0.3, 0.4) is 0 Å². The molecule has 0 fully saturated rings. The van der Waals surface area contributed by atoms with Crippen molar-refractivity contribution in [3.05, 3.63) is 24.1 Å². The van der Waals surface area contributed by atoms with Crippen LogP contribution in [0.15, 0.2) is 22.6 Å². The first kappa shape index (κ1) is 11.7. The zero-order valence-corrected chi connectivity index (χ0v) is 9.39. The van der Waals surface area contributed by atoms with Gasteiger partial charge in [-0.05, 0) is 12.1 Å². The second kappa shape index (κ2) is 4.05. The van der Waals surface area contributed by atoms with E-state index >= 15 is 0 Å². The Hall–Kier alpha value is -2.42. The second-order valence-electron chi connectivity index (χ2n) is 3.66. The van der Waals surface area contributed by atoms with Crippen molar-refractivity contribution in [2.45, 2.75) is 12.8 Å². The first-order valence-corrected chi connectivity index (χ1v) is 5.25. The predicted molar refractivity (Wildman–Crippen MR) is 58.1 cm³/mol. The Bertz CT molecular complexity index is 617. The van der Waals surface area contributed by atoms with Crippen molar-refractivity contribution >= 4 is 11.7 Å². The average Bonchev–Trinajstić information content (AvgIpc) is 2.91. The van der Waals surface area contributed by atoms with Crippen molar-refractivity contribution in [2.75, 3.05) is 5.32 Å². The quantitative estimate of drug-likeness (QED) is 0.874. The van der Waals surface area contributed by atoms with Crippen LogP contribution in [0.5, 0.6) is 11.5 Å². The van der Waals surface area contributed by atoms with Gasteiger partial charge in [-0.15, -0.1) is 13.9 Å². The maximum absolute atomic E-state index is 12.8. The van der Waals surface area contributed by atoms with Crippen LogP contribution in [0.25, 0.3) is 0 Å². The van der Waals surface area contributed by atoms with E-state index < -0.39 is 6.29 Å². The lowest BCUT2D eigenvalue weighted by Gasteiger charge is -2.04. The minimum atomic E-state index is -3.64. The van der Waals surface area contributed by atoms with Gasteiger partial charge in [-0.25, -0.2) is 0 Å². The summed E-state index contributed by atoms with van der Waals surface area (Å²) in [5, 5.41) is 10.1. The van der Waals surface area contributed by atoms with E-state index in [1.807, 2.05) is 0 Å². The Morgan fingerprint density at radius 3 is 2.74 bits per heavy atom. The summed E-state index contributed by atoms with van der Waals surface area (Å²) >= 11 is 0. The lowest BCUT2D eigenvalue weighted by molar-refractivity contribution is -0.286. The van der Waals surface area contributed by atoms with Gasteiger partial charge >= 0.3 is 12.3 Å². The highest BCUT2D eigenvalue weighted by Gasteiger charge is 2.43. The van der Waals surface area contributed by atoms with Crippen molar-refractivity contribution < 1.29 is 22.7 Å². The lowest BCUT2D eigenvalue weighted by Crippen LogP contribution is -2.25. The standard InChI is InChI=1S/C10H8F2N4O3/c11-10(12)18-6-2-1-5(3-7(6)19-10)14-9-16-15-8(4-13)17-9/h1-3H,4,13H2,(H,14,16). The van der Waals surface area contributed by atoms with Crippen LogP contribution in [-0.2, 0) is 6.54 Å². The highest BCUT2D eigenvalue weighted by atomic mass is 19.3. The number of aromatic nitrogens is 2. The van der Waals surface area contributed by atoms with Gasteiger partial charge in [0.15, 0.2) is 11.5 Å². The van der Waals surface area contributed by atoms with Crippen LogP contribution in [-0.4, -0.2) is 16.5 Å². The molecule has 100 valence electrons. The van der Waals surface area contributed by atoms with Crippen molar-refractivity contribution in [3.8, 4) is 11.5 Å². The molecule has 0 bridgehead atoms. The molecule has 0 saturated carbocycles. The van der Waals surface area contributed by atoms with Crippen LogP contribution < -0.4 is 20.5 Å². The van der Waals surface area contributed by atoms with Gasteiger partial charge in [0.1, 0.15) is 0 Å². The van der Waals surface area contributed by atoms with E-state index in [9.17, 15) is 8.78 Å². The number of benzene rings is 1. The number of hydrogen-bond donors (Lipinski definition) is 2. The third-order valence-electron chi connectivity index (χ3n) is 2.29. The molecule has 0 aliphatic carbocycles. The molecule has 19 heavy (non-hydrogen) atoms. The molecule has 0 amide bonds. The van der Waals surface area contributed by atoms with Crippen LogP contribution in [0.4, 0.5) is 20.5 Å². The number of hydrogen-bond acceptors (Lipinski definition) is 7. The molecule has 2 heterocycles. The largest absolute Gasteiger partial charge is 0.586 e. The molecule has 1 aliphatic rings. The fourth-order valence-electron chi connectivity index (χ4n) is 1.54. The summed E-state index contributed by atoms with van der Waals surface area (Å²) in [7, 11) is 0. The predicted octanol–water partition coefficient (Wildman–Crippen LogP) is 1.59. The molecule has 0 saturated heterocycles. The third kappa shape index (κ3) is 2.27. The van der Waals surface area contributed by atoms with Gasteiger partial charge in [0, 0.05) is 11.8 Å². The molecule has 1 aromatic heterocycles. The highest BCUT2D eigenvalue weighted by Crippen LogP contribution is 2.42. The molecule has 0 unspecified atom stereocenters. The Morgan fingerprint density at radius 1 is 1.21 bits per heavy atom. The minimum absolute atomic E-state index is 0.0382. The van der Waals surface area contributed by atoms with E-state index in [-0.39, 0.29) is 29.9 Å². The normalized spacial score (nSPS) is 15.5. The summed E-state index contributed by atoms with van der Waals surface area (Å²) < 4.78 is 39.4. The Labute approximate surface area is 105 Å². The van der Waals surface area contributed by atoms with Gasteiger partial charge in [-0.1, -0.05) is 5.10 Å². The van der Waals surface area contributed by atoms with Gasteiger partial charge in [0.25, 0.3) is 0 Å². The number of fused-ring (bicyclic) bond motifs is 1. The summed E-state index contributed by atoms with van der Waals surface area (Å²) in [6.45, 7) is 0.113. The number of rotatable bonds is 3. The van der Waals surface area contributed by atoms with E-state index in [0.717, 1.165) is 0 Å². The van der Waals surface area contributed by atoms with E-state index in [0.29, 0.717) is 5.69 Å². The van der Waals surface area contributed by atoms with Gasteiger partial charge < -0.3 is 24.9 Å². The second-order valence-corrected chi connectivity index (χ2v) is 3.66. The molecule has 9 heteroatoms. The SMILES string of the molecule is NCc1nnc(Nc2ccc3c(c2)OC(F)(F)O3)o1. The highest BCUT2D eigenvalue weighted by molar-refractivity contribution is 5.59. The summed E-state index contributed by atoms with van der Waals surface area (Å²) in [6.07, 6.45) is -3.64. The molecule has 2 aromatic rings. The van der Waals surface area contributed by atoms with Crippen molar-refractivity contribution in [1.82, 2.24) is 10.2 Å².